The smallest absolute Gasteiger partial charge is 0.266 e. The predicted molar refractivity (Wildman–Crippen MR) is 200 cm³/mol. The average molecular weight is 787 g/mol. The lowest BCUT2D eigenvalue weighted by Gasteiger charge is -2.24. The van der Waals surface area contributed by atoms with Gasteiger partial charge >= 0.3 is 0 Å². The Morgan fingerprint density at radius 2 is 1.52 bits per heavy atom. The molecule has 0 aliphatic heterocycles. The second-order valence-corrected chi connectivity index (χ2v) is 24.4. The molecule has 0 atom stereocenters. The summed E-state index contributed by atoms with van der Waals surface area (Å²) in [4.78, 5) is 7.37. The monoisotopic (exact) mass is 786 g/mol. The molecule has 3 aromatic heterocycles. The Kier molecular flexibility index (Phi) is 11.8. The zero-order chi connectivity index (χ0) is 38.0. The Bertz CT molecular complexity index is 2180. The zero-order valence-electron chi connectivity index (χ0n) is 29.9. The van der Waals surface area contributed by atoms with E-state index >= 15 is 13.2 Å². The van der Waals surface area contributed by atoms with Crippen molar-refractivity contribution in [1.82, 2.24) is 24.3 Å². The molecule has 3 heterocycles. The van der Waals surface area contributed by atoms with Gasteiger partial charge in [-0.15, -0.1) is 0 Å². The molecule has 0 radical (unpaired) electrons. The molecule has 0 saturated carbocycles. The Morgan fingerprint density at radius 1 is 0.846 bits per heavy atom. The van der Waals surface area contributed by atoms with Gasteiger partial charge in [0.1, 0.15) is 41.1 Å². The molecule has 0 amide bonds. The molecular formula is C34H42F4N6O5S3. The largest absolute Gasteiger partial charge is 0.495 e. The number of sulfonamides is 1. The van der Waals surface area contributed by atoms with Crippen LogP contribution in [0.1, 0.15) is 0 Å². The number of ether oxygens (including phenoxy) is 3. The fourth-order valence-electron chi connectivity index (χ4n) is 5.07. The van der Waals surface area contributed by atoms with Gasteiger partial charge in [-0.3, -0.25) is 4.72 Å². The number of halogens is 4. The number of hydrogen-bond donors (Lipinski definition) is 1. The number of benzene rings is 2. The Labute approximate surface area is 303 Å². The van der Waals surface area contributed by atoms with Crippen molar-refractivity contribution >= 4 is 46.8 Å². The Hall–Kier alpha value is -3.84. The molecule has 0 unspecified atom stereocenters. The average Bonchev–Trinajstić information content (AvgIpc) is 3.67. The predicted octanol–water partition coefficient (Wildman–Crippen LogP) is 6.66. The third kappa shape index (κ3) is 9.02. The van der Waals surface area contributed by atoms with Crippen LogP contribution in [-0.2, 0) is 33.0 Å². The minimum Gasteiger partial charge on any atom is -0.495 e. The summed E-state index contributed by atoms with van der Waals surface area (Å²) in [6.07, 6.45) is 16.8. The molecular weight excluding hydrogens is 745 g/mol. The maximum Gasteiger partial charge on any atom is 0.266 e. The quantitative estimate of drug-likeness (QED) is 0.0871. The van der Waals surface area contributed by atoms with Gasteiger partial charge in [0.05, 0.1) is 32.1 Å². The second kappa shape index (κ2) is 15.6. The minimum atomic E-state index is -4.71. The van der Waals surface area contributed by atoms with Gasteiger partial charge in [-0.1, -0.05) is 6.07 Å². The van der Waals surface area contributed by atoms with Crippen LogP contribution in [0.5, 0.6) is 5.75 Å². The molecule has 52 heavy (non-hydrogen) atoms. The number of aromatic nitrogens is 5. The lowest BCUT2D eigenvalue weighted by atomic mass is 10.0. The SMILES string of the molecule is COc1ccc(F)cc1S(=O)(=O)Nc1ncc(F)c(-c2ccc3c(-c4nccn4COCCS(C)(C)C)nn(COCCS(C)(C)C)c3c2F)c1F. The van der Waals surface area contributed by atoms with E-state index in [2.05, 4.69) is 52.6 Å². The van der Waals surface area contributed by atoms with Crippen molar-refractivity contribution < 1.29 is 40.2 Å². The summed E-state index contributed by atoms with van der Waals surface area (Å²) in [5.41, 5.74) is -1.25. The number of rotatable bonds is 16. The summed E-state index contributed by atoms with van der Waals surface area (Å²) in [6, 6.07) is 5.35. The van der Waals surface area contributed by atoms with Crippen LogP contribution in [0.2, 0.25) is 0 Å². The minimum absolute atomic E-state index is 0.121. The molecule has 5 aromatic rings. The number of nitrogens with one attached hydrogen (secondary N) is 1. The molecule has 2 aromatic carbocycles. The molecule has 0 fully saturated rings. The van der Waals surface area contributed by atoms with Crippen LogP contribution >= 0.6 is 20.1 Å². The fourth-order valence-corrected chi connectivity index (χ4v) is 7.50. The van der Waals surface area contributed by atoms with Gasteiger partial charge in [-0.25, -0.2) is 60.7 Å². The first-order chi connectivity index (χ1) is 24.4. The first-order valence-corrected chi connectivity index (χ1v) is 23.3. The van der Waals surface area contributed by atoms with Crippen molar-refractivity contribution in [3.8, 4) is 28.4 Å². The van der Waals surface area contributed by atoms with Gasteiger partial charge < -0.3 is 18.8 Å². The lowest BCUT2D eigenvalue weighted by Crippen LogP contribution is -2.17. The van der Waals surface area contributed by atoms with E-state index < -0.39 is 75.2 Å². The van der Waals surface area contributed by atoms with Crippen molar-refractivity contribution in [2.45, 2.75) is 18.4 Å². The van der Waals surface area contributed by atoms with Crippen molar-refractivity contribution in [3.63, 3.8) is 0 Å². The summed E-state index contributed by atoms with van der Waals surface area (Å²) in [5.74, 6) is -3.84. The van der Waals surface area contributed by atoms with Gasteiger partial charge in [0.25, 0.3) is 10.0 Å². The third-order valence-corrected chi connectivity index (χ3v) is 11.9. The maximum absolute atomic E-state index is 16.8. The van der Waals surface area contributed by atoms with Gasteiger partial charge in [0, 0.05) is 34.8 Å². The molecule has 0 bridgehead atoms. The summed E-state index contributed by atoms with van der Waals surface area (Å²) < 4.78 is 110. The number of imidazole rings is 1. The van der Waals surface area contributed by atoms with Crippen molar-refractivity contribution in [3.05, 3.63) is 72.2 Å². The number of hydrogen-bond acceptors (Lipinski definition) is 8. The number of nitrogens with zero attached hydrogens (tertiary/aromatic N) is 5. The molecule has 0 aliphatic rings. The van der Waals surface area contributed by atoms with Crippen LogP contribution in [0, 0.1) is 23.3 Å². The van der Waals surface area contributed by atoms with Gasteiger partial charge in [-0.2, -0.15) is 5.10 Å². The Morgan fingerprint density at radius 3 is 2.17 bits per heavy atom. The van der Waals surface area contributed by atoms with Crippen molar-refractivity contribution in [2.75, 3.05) is 74.1 Å². The molecule has 5 rings (SSSR count). The molecule has 0 aliphatic carbocycles. The van der Waals surface area contributed by atoms with Gasteiger partial charge in [-0.05, 0) is 61.8 Å². The highest BCUT2D eigenvalue weighted by atomic mass is 32.3. The van der Waals surface area contributed by atoms with E-state index in [-0.39, 0.29) is 35.8 Å². The van der Waals surface area contributed by atoms with E-state index in [1.54, 1.807) is 17.0 Å². The summed E-state index contributed by atoms with van der Waals surface area (Å²) >= 11 is 0. The van der Waals surface area contributed by atoms with Crippen LogP contribution in [0.15, 0.2) is 53.8 Å². The van der Waals surface area contributed by atoms with Gasteiger partial charge in [0.15, 0.2) is 29.1 Å². The number of anilines is 1. The second-order valence-electron chi connectivity index (χ2n) is 13.6. The van der Waals surface area contributed by atoms with Crippen molar-refractivity contribution in [1.29, 1.82) is 0 Å². The van der Waals surface area contributed by atoms with E-state index in [0.717, 1.165) is 23.6 Å². The molecule has 0 spiro atoms. The van der Waals surface area contributed by atoms with E-state index in [1.807, 2.05) is 4.72 Å². The highest BCUT2D eigenvalue weighted by Crippen LogP contribution is 2.39. The van der Waals surface area contributed by atoms with Gasteiger partial charge in [0.2, 0.25) is 0 Å². The summed E-state index contributed by atoms with van der Waals surface area (Å²) in [6.45, 7) is 0.880. The first kappa shape index (κ1) is 39.4. The van der Waals surface area contributed by atoms with Crippen LogP contribution in [-0.4, -0.2) is 102 Å². The van der Waals surface area contributed by atoms with Crippen LogP contribution in [0.3, 0.4) is 0 Å². The third-order valence-electron chi connectivity index (χ3n) is 7.79. The molecule has 11 nitrogen and oxygen atoms in total. The van der Waals surface area contributed by atoms with Crippen LogP contribution < -0.4 is 9.46 Å². The summed E-state index contributed by atoms with van der Waals surface area (Å²) in [5, 5.41) is 4.93. The van der Waals surface area contributed by atoms with E-state index in [9.17, 15) is 12.8 Å². The van der Waals surface area contributed by atoms with Crippen LogP contribution in [0.25, 0.3) is 33.5 Å². The lowest BCUT2D eigenvalue weighted by molar-refractivity contribution is 0.0836. The number of fused-ring (bicyclic) bond motifs is 1. The molecule has 0 saturated heterocycles. The maximum atomic E-state index is 16.8. The molecule has 1 N–H and O–H groups in total. The van der Waals surface area contributed by atoms with E-state index in [0.29, 0.717) is 31.3 Å². The topological polar surface area (TPSA) is 122 Å². The number of pyridine rings is 1. The van der Waals surface area contributed by atoms with Crippen molar-refractivity contribution in [2.24, 2.45) is 0 Å². The highest BCUT2D eigenvalue weighted by Gasteiger charge is 2.29. The highest BCUT2D eigenvalue weighted by molar-refractivity contribution is 8.32. The fraction of sp³-hybridized carbons (Fsp3) is 0.382. The Balaban J connectivity index is 1.57. The standard InChI is InChI=1S/C34H42F4N6O5S3/c1-47-26-11-8-22(35)18-27(26)52(45,46)42-33-30(38)28(25(36)19-40-33)23-9-10-24-31(34-39-12-13-43(34)20-48-14-16-50(2,3)4)41-44(32(24)29(23)37)21-49-15-17-51(5,6)7/h8-13,18-19H,14-17,20-21H2,1-7H3,(H,40,42). The molecule has 284 valence electrons. The van der Waals surface area contributed by atoms with E-state index in [4.69, 9.17) is 14.2 Å². The van der Waals surface area contributed by atoms with E-state index in [1.165, 1.54) is 23.9 Å². The normalized spacial score (nSPS) is 13.1. The summed E-state index contributed by atoms with van der Waals surface area (Å²) in [7, 11) is -5.21. The zero-order valence-corrected chi connectivity index (χ0v) is 32.3. The van der Waals surface area contributed by atoms with Crippen LogP contribution in [0.4, 0.5) is 23.4 Å². The number of methoxy groups -OCH3 is 1. The first-order valence-electron chi connectivity index (χ1n) is 15.8. The molecule has 18 heteroatoms.